The van der Waals surface area contributed by atoms with Crippen LogP contribution in [-0.2, 0) is 0 Å². The minimum absolute atomic E-state index is 0.664. The minimum Gasteiger partial charge on any atom is -0.353 e. The van der Waals surface area contributed by atoms with E-state index >= 15 is 0 Å². The van der Waals surface area contributed by atoms with Crippen LogP contribution in [0.25, 0.3) is 21.3 Å². The number of rotatable bonds is 3. The van der Waals surface area contributed by atoms with E-state index in [-0.39, 0.29) is 0 Å². The molecule has 0 bridgehead atoms. The van der Waals surface area contributed by atoms with Crippen LogP contribution < -0.4 is 9.80 Å². The standard InChI is InChI=1S/C21H18ClN5S/c22-16-6-7-18(23-12-16)26-8-10-27(11-9-26)20-19-17(15-4-2-1-3-5-15)13-28-21(19)25-14-24-20/h1-7,12-14H,8-11H2. The molecule has 1 aliphatic rings. The SMILES string of the molecule is Clc1ccc(N2CCN(c3ncnc4scc(-c5ccccc5)c34)CC2)nc1. The maximum atomic E-state index is 5.96. The van der Waals surface area contributed by atoms with Crippen molar-refractivity contribution in [2.24, 2.45) is 0 Å². The van der Waals surface area contributed by atoms with Crippen molar-refractivity contribution in [2.45, 2.75) is 0 Å². The maximum absolute atomic E-state index is 5.96. The molecule has 1 saturated heterocycles. The summed E-state index contributed by atoms with van der Waals surface area (Å²) < 4.78 is 0. The molecule has 0 amide bonds. The third kappa shape index (κ3) is 3.19. The van der Waals surface area contributed by atoms with Gasteiger partial charge in [0, 0.05) is 43.3 Å². The highest BCUT2D eigenvalue weighted by atomic mass is 35.5. The van der Waals surface area contributed by atoms with E-state index in [9.17, 15) is 0 Å². The molecule has 0 radical (unpaired) electrons. The van der Waals surface area contributed by atoms with E-state index in [1.54, 1.807) is 23.9 Å². The summed E-state index contributed by atoms with van der Waals surface area (Å²) in [6, 6.07) is 14.3. The van der Waals surface area contributed by atoms with Crippen molar-refractivity contribution in [3.05, 3.63) is 65.4 Å². The molecule has 0 aliphatic carbocycles. The van der Waals surface area contributed by atoms with Crippen LogP contribution in [-0.4, -0.2) is 41.1 Å². The Bertz CT molecular complexity index is 1090. The zero-order valence-electron chi connectivity index (χ0n) is 15.1. The van der Waals surface area contributed by atoms with Gasteiger partial charge in [-0.15, -0.1) is 11.3 Å². The number of piperazine rings is 1. The van der Waals surface area contributed by atoms with E-state index in [0.29, 0.717) is 5.02 Å². The molecule has 1 aliphatic heterocycles. The molecule has 7 heteroatoms. The van der Waals surface area contributed by atoms with E-state index in [1.165, 1.54) is 11.1 Å². The van der Waals surface area contributed by atoms with Crippen LogP contribution in [0.15, 0.2) is 60.4 Å². The first-order valence-electron chi connectivity index (χ1n) is 9.19. The Balaban J connectivity index is 1.44. The lowest BCUT2D eigenvalue weighted by Crippen LogP contribution is -2.47. The van der Waals surface area contributed by atoms with Crippen molar-refractivity contribution in [3.63, 3.8) is 0 Å². The predicted octanol–water partition coefficient (Wildman–Crippen LogP) is 4.73. The first-order chi connectivity index (χ1) is 13.8. The van der Waals surface area contributed by atoms with Crippen LogP contribution in [0, 0.1) is 0 Å². The average Bonchev–Trinajstić information content (AvgIpc) is 3.19. The Labute approximate surface area is 172 Å². The lowest BCUT2D eigenvalue weighted by Gasteiger charge is -2.36. The molecule has 0 unspecified atom stereocenters. The van der Waals surface area contributed by atoms with Gasteiger partial charge in [-0.2, -0.15) is 0 Å². The van der Waals surface area contributed by atoms with Gasteiger partial charge < -0.3 is 9.80 Å². The summed E-state index contributed by atoms with van der Waals surface area (Å²) >= 11 is 7.64. The molecule has 4 aromatic rings. The number of hydrogen-bond acceptors (Lipinski definition) is 6. The molecule has 5 rings (SSSR count). The van der Waals surface area contributed by atoms with Crippen LogP contribution in [0.1, 0.15) is 0 Å². The fourth-order valence-electron chi connectivity index (χ4n) is 3.63. The van der Waals surface area contributed by atoms with Crippen LogP contribution in [0.3, 0.4) is 0 Å². The second-order valence-corrected chi connectivity index (χ2v) is 8.00. The molecule has 4 heterocycles. The van der Waals surface area contributed by atoms with Crippen molar-refractivity contribution in [1.29, 1.82) is 0 Å². The molecular weight excluding hydrogens is 390 g/mol. The van der Waals surface area contributed by atoms with Crippen LogP contribution in [0.2, 0.25) is 5.02 Å². The van der Waals surface area contributed by atoms with Crippen LogP contribution >= 0.6 is 22.9 Å². The predicted molar refractivity (Wildman–Crippen MR) is 117 cm³/mol. The molecule has 0 spiro atoms. The number of hydrogen-bond donors (Lipinski definition) is 0. The van der Waals surface area contributed by atoms with E-state index in [2.05, 4.69) is 54.4 Å². The summed E-state index contributed by atoms with van der Waals surface area (Å²) in [5.74, 6) is 1.99. The first kappa shape index (κ1) is 17.4. The summed E-state index contributed by atoms with van der Waals surface area (Å²) in [6.45, 7) is 3.57. The highest BCUT2D eigenvalue weighted by Gasteiger charge is 2.23. The number of nitrogens with zero attached hydrogens (tertiary/aromatic N) is 5. The van der Waals surface area contributed by atoms with E-state index in [1.807, 2.05) is 18.2 Å². The molecule has 28 heavy (non-hydrogen) atoms. The molecule has 1 aromatic carbocycles. The average molecular weight is 408 g/mol. The number of benzene rings is 1. The van der Waals surface area contributed by atoms with Crippen molar-refractivity contribution in [3.8, 4) is 11.1 Å². The van der Waals surface area contributed by atoms with E-state index in [4.69, 9.17) is 11.6 Å². The third-order valence-electron chi connectivity index (χ3n) is 5.05. The Morgan fingerprint density at radius 2 is 1.64 bits per heavy atom. The highest BCUT2D eigenvalue weighted by Crippen LogP contribution is 2.38. The molecule has 1 fully saturated rings. The molecule has 0 atom stereocenters. The largest absolute Gasteiger partial charge is 0.353 e. The van der Waals surface area contributed by atoms with Crippen LogP contribution in [0.4, 0.5) is 11.6 Å². The second kappa shape index (κ2) is 7.37. The third-order valence-corrected chi connectivity index (χ3v) is 6.16. The van der Waals surface area contributed by atoms with E-state index in [0.717, 1.165) is 48.0 Å². The number of aromatic nitrogens is 3. The Kier molecular flexibility index (Phi) is 4.58. The van der Waals surface area contributed by atoms with Gasteiger partial charge in [0.05, 0.1) is 10.4 Å². The molecule has 140 valence electrons. The van der Waals surface area contributed by atoms with Gasteiger partial charge in [0.15, 0.2) is 0 Å². The number of pyridine rings is 1. The van der Waals surface area contributed by atoms with Crippen molar-refractivity contribution in [1.82, 2.24) is 15.0 Å². The molecule has 0 saturated carbocycles. The summed E-state index contributed by atoms with van der Waals surface area (Å²) in [7, 11) is 0. The van der Waals surface area contributed by atoms with Gasteiger partial charge in [-0.1, -0.05) is 41.9 Å². The Hall–Kier alpha value is -2.70. The van der Waals surface area contributed by atoms with Gasteiger partial charge in [-0.3, -0.25) is 0 Å². The zero-order chi connectivity index (χ0) is 18.9. The molecule has 3 aromatic heterocycles. The molecular formula is C21H18ClN5S. The summed E-state index contributed by atoms with van der Waals surface area (Å²) in [5, 5.41) is 4.00. The molecule has 5 nitrogen and oxygen atoms in total. The van der Waals surface area contributed by atoms with Crippen molar-refractivity contribution >= 4 is 44.8 Å². The smallest absolute Gasteiger partial charge is 0.141 e. The summed E-state index contributed by atoms with van der Waals surface area (Å²) in [5.41, 5.74) is 2.41. The Morgan fingerprint density at radius 3 is 2.39 bits per heavy atom. The zero-order valence-corrected chi connectivity index (χ0v) is 16.7. The number of anilines is 2. The first-order valence-corrected chi connectivity index (χ1v) is 10.4. The number of fused-ring (bicyclic) bond motifs is 1. The summed E-state index contributed by atoms with van der Waals surface area (Å²) in [6.07, 6.45) is 3.38. The lowest BCUT2D eigenvalue weighted by molar-refractivity contribution is 0.643. The fraction of sp³-hybridized carbons (Fsp3) is 0.190. The normalized spacial score (nSPS) is 14.6. The lowest BCUT2D eigenvalue weighted by atomic mass is 10.1. The minimum atomic E-state index is 0.664. The van der Waals surface area contributed by atoms with Gasteiger partial charge in [0.2, 0.25) is 0 Å². The van der Waals surface area contributed by atoms with Gasteiger partial charge in [-0.05, 0) is 17.7 Å². The van der Waals surface area contributed by atoms with Crippen LogP contribution in [0.5, 0.6) is 0 Å². The van der Waals surface area contributed by atoms with Gasteiger partial charge in [0.25, 0.3) is 0 Å². The van der Waals surface area contributed by atoms with Crippen molar-refractivity contribution < 1.29 is 0 Å². The Morgan fingerprint density at radius 1 is 0.857 bits per heavy atom. The fourth-order valence-corrected chi connectivity index (χ4v) is 4.65. The monoisotopic (exact) mass is 407 g/mol. The maximum Gasteiger partial charge on any atom is 0.141 e. The van der Waals surface area contributed by atoms with Gasteiger partial charge >= 0.3 is 0 Å². The van der Waals surface area contributed by atoms with Crippen molar-refractivity contribution in [2.75, 3.05) is 36.0 Å². The second-order valence-electron chi connectivity index (χ2n) is 6.70. The molecule has 0 N–H and O–H groups in total. The number of thiophene rings is 1. The quantitative estimate of drug-likeness (QED) is 0.491. The summed E-state index contributed by atoms with van der Waals surface area (Å²) in [4.78, 5) is 19.3. The topological polar surface area (TPSA) is 45.2 Å². The van der Waals surface area contributed by atoms with E-state index < -0.39 is 0 Å². The highest BCUT2D eigenvalue weighted by molar-refractivity contribution is 7.17. The van der Waals surface area contributed by atoms with Gasteiger partial charge in [0.1, 0.15) is 22.8 Å². The number of halogens is 1. The van der Waals surface area contributed by atoms with Gasteiger partial charge in [-0.25, -0.2) is 15.0 Å².